The van der Waals surface area contributed by atoms with E-state index in [9.17, 15) is 9.18 Å². The summed E-state index contributed by atoms with van der Waals surface area (Å²) in [5.41, 5.74) is 0.751. The maximum atomic E-state index is 13.2. The molecule has 1 aliphatic rings. The van der Waals surface area contributed by atoms with Crippen molar-refractivity contribution in [1.82, 2.24) is 15.0 Å². The molecular formula is C14H14FN3O2. The van der Waals surface area contributed by atoms with E-state index in [0.717, 1.165) is 5.56 Å². The van der Waals surface area contributed by atoms with E-state index in [1.54, 1.807) is 24.0 Å². The zero-order chi connectivity index (χ0) is 14.1. The number of rotatable bonds is 3. The van der Waals surface area contributed by atoms with Gasteiger partial charge in [0.2, 0.25) is 11.8 Å². The third-order valence-corrected chi connectivity index (χ3v) is 3.40. The molecular weight excluding hydrogens is 261 g/mol. The average molecular weight is 275 g/mol. The minimum absolute atomic E-state index is 0.0233. The van der Waals surface area contributed by atoms with Gasteiger partial charge in [-0.1, -0.05) is 17.3 Å². The van der Waals surface area contributed by atoms with Gasteiger partial charge in [0.15, 0.2) is 5.82 Å². The second-order valence-electron chi connectivity index (χ2n) is 4.89. The van der Waals surface area contributed by atoms with Crippen molar-refractivity contribution in [2.24, 2.45) is 0 Å². The summed E-state index contributed by atoms with van der Waals surface area (Å²) in [6.45, 7) is 2.09. The van der Waals surface area contributed by atoms with Crippen molar-refractivity contribution >= 4 is 5.91 Å². The highest BCUT2D eigenvalue weighted by atomic mass is 19.1. The second-order valence-corrected chi connectivity index (χ2v) is 4.89. The number of aromatic nitrogens is 2. The van der Waals surface area contributed by atoms with Gasteiger partial charge in [0.25, 0.3) is 0 Å². The van der Waals surface area contributed by atoms with Crippen molar-refractivity contribution < 1.29 is 13.7 Å². The van der Waals surface area contributed by atoms with Crippen LogP contribution >= 0.6 is 0 Å². The van der Waals surface area contributed by atoms with Crippen LogP contribution in [0.5, 0.6) is 0 Å². The monoisotopic (exact) mass is 275 g/mol. The Morgan fingerprint density at radius 2 is 2.35 bits per heavy atom. The fourth-order valence-electron chi connectivity index (χ4n) is 2.47. The molecule has 20 heavy (non-hydrogen) atoms. The molecule has 6 heteroatoms. The Morgan fingerprint density at radius 1 is 1.50 bits per heavy atom. The van der Waals surface area contributed by atoms with Gasteiger partial charge in [0.05, 0.1) is 0 Å². The van der Waals surface area contributed by atoms with E-state index in [4.69, 9.17) is 4.52 Å². The Bertz CT molecular complexity index is 641. The number of likely N-dealkylation sites (tertiary alicyclic amines) is 1. The van der Waals surface area contributed by atoms with E-state index in [-0.39, 0.29) is 17.8 Å². The van der Waals surface area contributed by atoms with Crippen LogP contribution in [0.2, 0.25) is 0 Å². The first-order chi connectivity index (χ1) is 9.63. The van der Waals surface area contributed by atoms with Crippen LogP contribution in [0.3, 0.4) is 0 Å². The summed E-state index contributed by atoms with van der Waals surface area (Å²) in [6, 6.07) is 6.03. The molecule has 0 N–H and O–H groups in total. The number of amides is 1. The number of carbonyl (C=O) groups is 1. The van der Waals surface area contributed by atoms with Gasteiger partial charge >= 0.3 is 0 Å². The third kappa shape index (κ3) is 2.41. The summed E-state index contributed by atoms with van der Waals surface area (Å²) in [7, 11) is 0. The summed E-state index contributed by atoms with van der Waals surface area (Å²) in [4.78, 5) is 17.9. The number of benzene rings is 1. The number of hydrogen-bond acceptors (Lipinski definition) is 4. The molecule has 104 valence electrons. The Labute approximate surface area is 115 Å². The molecule has 1 fully saturated rings. The Balaban J connectivity index is 1.84. The lowest BCUT2D eigenvalue weighted by Gasteiger charge is -2.22. The van der Waals surface area contributed by atoms with Crippen LogP contribution in [-0.2, 0) is 11.3 Å². The molecule has 0 spiro atoms. The van der Waals surface area contributed by atoms with Crippen LogP contribution in [0.1, 0.15) is 36.2 Å². The van der Waals surface area contributed by atoms with Crippen LogP contribution in [0.4, 0.5) is 4.39 Å². The smallest absolute Gasteiger partial charge is 0.249 e. The van der Waals surface area contributed by atoms with Gasteiger partial charge in [-0.3, -0.25) is 4.79 Å². The molecule has 1 saturated heterocycles. The molecule has 1 aromatic carbocycles. The Kier molecular flexibility index (Phi) is 3.22. The minimum Gasteiger partial charge on any atom is -0.337 e. The fraction of sp³-hybridized carbons (Fsp3) is 0.357. The van der Waals surface area contributed by atoms with Crippen molar-refractivity contribution in [3.8, 4) is 0 Å². The summed E-state index contributed by atoms with van der Waals surface area (Å²) in [5, 5.41) is 3.76. The number of halogens is 1. The predicted molar refractivity (Wildman–Crippen MR) is 68.0 cm³/mol. The van der Waals surface area contributed by atoms with E-state index >= 15 is 0 Å². The molecule has 2 aromatic rings. The molecule has 0 bridgehead atoms. The van der Waals surface area contributed by atoms with Gasteiger partial charge in [-0.15, -0.1) is 0 Å². The lowest BCUT2D eigenvalue weighted by molar-refractivity contribution is -0.130. The van der Waals surface area contributed by atoms with Crippen LogP contribution in [0.25, 0.3) is 0 Å². The maximum absolute atomic E-state index is 13.2. The van der Waals surface area contributed by atoms with Crippen LogP contribution in [0, 0.1) is 12.7 Å². The molecule has 1 aliphatic heterocycles. The SMILES string of the molecule is Cc1noc(C2CCC(=O)N2Cc2cccc(F)c2)n1. The van der Waals surface area contributed by atoms with Crippen molar-refractivity contribution in [2.45, 2.75) is 32.4 Å². The summed E-state index contributed by atoms with van der Waals surface area (Å²) < 4.78 is 18.4. The van der Waals surface area contributed by atoms with Crippen molar-refractivity contribution in [3.63, 3.8) is 0 Å². The fourth-order valence-corrected chi connectivity index (χ4v) is 2.47. The first-order valence-electron chi connectivity index (χ1n) is 6.47. The zero-order valence-electron chi connectivity index (χ0n) is 11.0. The summed E-state index contributed by atoms with van der Waals surface area (Å²) in [5.74, 6) is 0.712. The zero-order valence-corrected chi connectivity index (χ0v) is 11.0. The maximum Gasteiger partial charge on any atom is 0.249 e. The van der Waals surface area contributed by atoms with Gasteiger partial charge in [0, 0.05) is 13.0 Å². The van der Waals surface area contributed by atoms with Crippen molar-refractivity contribution in [2.75, 3.05) is 0 Å². The van der Waals surface area contributed by atoms with E-state index in [1.165, 1.54) is 12.1 Å². The normalized spacial score (nSPS) is 18.8. The predicted octanol–water partition coefficient (Wildman–Crippen LogP) is 2.38. The first kappa shape index (κ1) is 12.8. The molecule has 0 radical (unpaired) electrons. The molecule has 1 aromatic heterocycles. The second kappa shape index (κ2) is 5.03. The molecule has 0 saturated carbocycles. The van der Waals surface area contributed by atoms with E-state index in [2.05, 4.69) is 10.1 Å². The molecule has 1 unspecified atom stereocenters. The molecule has 1 amide bonds. The topological polar surface area (TPSA) is 59.2 Å². The molecule has 5 nitrogen and oxygen atoms in total. The van der Waals surface area contributed by atoms with Gasteiger partial charge in [-0.25, -0.2) is 4.39 Å². The number of hydrogen-bond donors (Lipinski definition) is 0. The van der Waals surface area contributed by atoms with Crippen molar-refractivity contribution in [3.05, 3.63) is 47.4 Å². The molecule has 0 aliphatic carbocycles. The molecule has 1 atom stereocenters. The van der Waals surface area contributed by atoms with Gasteiger partial charge < -0.3 is 9.42 Å². The summed E-state index contributed by atoms with van der Waals surface area (Å²) in [6.07, 6.45) is 1.09. The van der Waals surface area contributed by atoms with Crippen molar-refractivity contribution in [1.29, 1.82) is 0 Å². The highest BCUT2D eigenvalue weighted by molar-refractivity contribution is 5.78. The van der Waals surface area contributed by atoms with Gasteiger partial charge in [-0.2, -0.15) is 4.98 Å². The van der Waals surface area contributed by atoms with Gasteiger partial charge in [0.1, 0.15) is 11.9 Å². The highest BCUT2D eigenvalue weighted by Gasteiger charge is 2.35. The van der Waals surface area contributed by atoms with E-state index in [0.29, 0.717) is 31.1 Å². The minimum atomic E-state index is -0.306. The molecule has 3 rings (SSSR count). The third-order valence-electron chi connectivity index (χ3n) is 3.40. The quantitative estimate of drug-likeness (QED) is 0.863. The Hall–Kier alpha value is -2.24. The standard InChI is InChI=1S/C14H14FN3O2/c1-9-16-14(20-17-9)12-5-6-13(19)18(12)8-10-3-2-4-11(15)7-10/h2-4,7,12H,5-6,8H2,1H3. The first-order valence-corrected chi connectivity index (χ1v) is 6.47. The van der Waals surface area contributed by atoms with E-state index in [1.807, 2.05) is 0 Å². The Morgan fingerprint density at radius 3 is 3.05 bits per heavy atom. The van der Waals surface area contributed by atoms with E-state index < -0.39 is 0 Å². The van der Waals surface area contributed by atoms with Gasteiger partial charge in [-0.05, 0) is 31.0 Å². The lowest BCUT2D eigenvalue weighted by Crippen LogP contribution is -2.27. The van der Waals surface area contributed by atoms with Crippen LogP contribution in [0.15, 0.2) is 28.8 Å². The van der Waals surface area contributed by atoms with Crippen LogP contribution < -0.4 is 0 Å². The number of nitrogens with zero attached hydrogens (tertiary/aromatic N) is 3. The molecule has 2 heterocycles. The largest absolute Gasteiger partial charge is 0.337 e. The summed E-state index contributed by atoms with van der Waals surface area (Å²) >= 11 is 0. The average Bonchev–Trinajstić information content (AvgIpc) is 2.97. The number of aryl methyl sites for hydroxylation is 1. The number of carbonyl (C=O) groups excluding carboxylic acids is 1. The van der Waals surface area contributed by atoms with Crippen LogP contribution in [-0.4, -0.2) is 20.9 Å². The highest BCUT2D eigenvalue weighted by Crippen LogP contribution is 2.33. The lowest BCUT2D eigenvalue weighted by atomic mass is 10.2.